The summed E-state index contributed by atoms with van der Waals surface area (Å²) in [4.78, 5) is 8.70. The average molecular weight is 438 g/mol. The number of carbonyl (C=O) groups excluding carboxylic acids is 1. The maximum absolute atomic E-state index is 13.9. The fraction of sp³-hybridized carbons (Fsp3) is 0.611. The lowest BCUT2D eigenvalue weighted by Crippen LogP contribution is -2.59. The van der Waals surface area contributed by atoms with Gasteiger partial charge in [-0.15, -0.1) is 0 Å². The van der Waals surface area contributed by atoms with Crippen molar-refractivity contribution in [2.24, 2.45) is 5.92 Å². The zero-order chi connectivity index (χ0) is 19.1. The molecule has 3 nitrogen and oxygen atoms in total. The van der Waals surface area contributed by atoms with Gasteiger partial charge in [0.1, 0.15) is 0 Å². The molecule has 0 amide bonds. The predicted molar refractivity (Wildman–Crippen MR) is 91.6 cm³/mol. The van der Waals surface area contributed by atoms with E-state index in [2.05, 4.69) is 21.2 Å². The van der Waals surface area contributed by atoms with Crippen molar-refractivity contribution in [3.63, 3.8) is 0 Å². The lowest BCUT2D eigenvalue weighted by molar-refractivity contribution is -0.156. The zero-order valence-corrected chi connectivity index (χ0v) is 15.6. The van der Waals surface area contributed by atoms with Gasteiger partial charge < -0.3 is 10.4 Å². The smallest absolute Gasteiger partial charge is 0.446 e. The van der Waals surface area contributed by atoms with Crippen molar-refractivity contribution in [1.82, 2.24) is 5.32 Å². The van der Waals surface area contributed by atoms with Gasteiger partial charge in [0, 0.05) is 11.5 Å². The van der Waals surface area contributed by atoms with E-state index < -0.39 is 18.3 Å². The third-order valence-corrected chi connectivity index (χ3v) is 6.68. The van der Waals surface area contributed by atoms with E-state index in [0.29, 0.717) is 16.4 Å². The van der Waals surface area contributed by atoms with Gasteiger partial charge in [0.05, 0.1) is 4.47 Å². The molecule has 2 bridgehead atoms. The first-order chi connectivity index (χ1) is 12.2. The molecule has 3 aliphatic rings. The highest BCUT2D eigenvalue weighted by atomic mass is 79.9. The van der Waals surface area contributed by atoms with Crippen LogP contribution in [-0.4, -0.2) is 30.2 Å². The van der Waals surface area contributed by atoms with Crippen molar-refractivity contribution < 1.29 is 27.5 Å². The molecule has 1 saturated carbocycles. The number of carbonyl (C=O) groups is 1. The molecule has 2 aliphatic carbocycles. The summed E-state index contributed by atoms with van der Waals surface area (Å²) >= 11 is 3.49. The lowest BCUT2D eigenvalue weighted by atomic mass is 9.53. The molecular weight excluding hydrogens is 418 g/mol. The average Bonchev–Trinajstić information content (AvgIpc) is 2.59. The Morgan fingerprint density at radius 2 is 2.00 bits per heavy atom. The number of hydrogen-bond donors (Lipinski definition) is 2. The molecule has 0 unspecified atom stereocenters. The topological polar surface area (TPSA) is 49.3 Å². The summed E-state index contributed by atoms with van der Waals surface area (Å²) in [6.07, 6.45) is 1.25. The molecule has 1 heterocycles. The monoisotopic (exact) mass is 437 g/mol. The fourth-order valence-corrected chi connectivity index (χ4v) is 5.87. The molecule has 1 aliphatic heterocycles. The van der Waals surface area contributed by atoms with Gasteiger partial charge in [-0.1, -0.05) is 12.8 Å². The minimum Gasteiger partial charge on any atom is -0.504 e. The molecule has 1 aromatic rings. The number of benzene rings is 1. The number of nitrogens with one attached hydrogen (secondary N) is 1. The van der Waals surface area contributed by atoms with Crippen LogP contribution in [0.25, 0.3) is 0 Å². The largest absolute Gasteiger partial charge is 0.504 e. The minimum absolute atomic E-state index is 0.145. The van der Waals surface area contributed by atoms with Crippen LogP contribution in [0.15, 0.2) is 10.5 Å². The molecule has 1 saturated heterocycles. The molecule has 0 radical (unpaired) electrons. The van der Waals surface area contributed by atoms with Crippen LogP contribution < -0.4 is 5.32 Å². The maximum Gasteiger partial charge on any atom is 0.446 e. The molecule has 8 heteroatoms. The number of aldehydes is 1. The van der Waals surface area contributed by atoms with Crippen molar-refractivity contribution in [2.45, 2.75) is 56.2 Å². The third-order valence-electron chi connectivity index (χ3n) is 5.91. The van der Waals surface area contributed by atoms with Crippen LogP contribution in [0.4, 0.5) is 17.6 Å². The highest BCUT2D eigenvalue weighted by Crippen LogP contribution is 2.57. The summed E-state index contributed by atoms with van der Waals surface area (Å²) in [6.45, 7) is 1.03. The van der Waals surface area contributed by atoms with Crippen molar-refractivity contribution in [3.05, 3.63) is 27.5 Å². The number of alkyl halides is 3. The summed E-state index contributed by atoms with van der Waals surface area (Å²) in [5, 5.41) is 13.6. The Bertz CT molecular complexity index is 705. The molecule has 144 valence electrons. The van der Waals surface area contributed by atoms with E-state index in [1.54, 1.807) is 6.07 Å². The highest BCUT2D eigenvalue weighted by molar-refractivity contribution is 9.10. The van der Waals surface area contributed by atoms with E-state index in [1.165, 1.54) is 31.2 Å². The number of phenols is 1. The first-order valence-electron chi connectivity index (χ1n) is 8.66. The van der Waals surface area contributed by atoms with E-state index in [-0.39, 0.29) is 11.2 Å². The molecule has 0 aromatic heterocycles. The van der Waals surface area contributed by atoms with Gasteiger partial charge >= 0.3 is 6.18 Å². The number of piperidine rings is 1. The Labute approximate surface area is 157 Å². The third kappa shape index (κ3) is 3.38. The van der Waals surface area contributed by atoms with Gasteiger partial charge in [-0.25, -0.2) is 4.39 Å². The molecule has 1 aromatic carbocycles. The van der Waals surface area contributed by atoms with E-state index in [0.717, 1.165) is 24.9 Å². The molecular formula is C18H20BrF4NO2. The standard InChI is InChI=1S/C16H19BrFNO.C2HF3O/c17-14-13-9(7-11(18)15(14)20)8-12-10-3-1-2-4-16(10,13)5-6-19-12;3-2(4,5)1-6/h7,10,12,19-20H,1-6,8H2;1H/t10-,12+,16+;/m1./s1. The number of phenolic OH excluding ortho intramolecular Hbond substituents is 1. The van der Waals surface area contributed by atoms with Gasteiger partial charge in [0.2, 0.25) is 6.29 Å². The number of fused-ring (bicyclic) bond motifs is 1. The van der Waals surface area contributed by atoms with E-state index >= 15 is 0 Å². The van der Waals surface area contributed by atoms with E-state index in [9.17, 15) is 22.7 Å². The van der Waals surface area contributed by atoms with E-state index in [4.69, 9.17) is 4.79 Å². The molecule has 0 spiro atoms. The van der Waals surface area contributed by atoms with Crippen molar-refractivity contribution in [3.8, 4) is 5.75 Å². The lowest BCUT2D eigenvalue weighted by Gasteiger charge is -2.56. The van der Waals surface area contributed by atoms with Crippen LogP contribution >= 0.6 is 15.9 Å². The SMILES string of the molecule is O=CC(F)(F)F.Oc1c(F)cc2c(c1Br)[C@]13CCCC[C@@H]1[C@H](C2)NCC3. The van der Waals surface area contributed by atoms with Crippen molar-refractivity contribution >= 4 is 22.2 Å². The van der Waals surface area contributed by atoms with Crippen LogP contribution in [0.2, 0.25) is 0 Å². The Balaban J connectivity index is 0.000000286. The molecule has 3 atom stereocenters. The van der Waals surface area contributed by atoms with Gasteiger partial charge in [0.25, 0.3) is 0 Å². The number of halogens is 5. The first kappa shape index (κ1) is 19.6. The predicted octanol–water partition coefficient (Wildman–Crippen LogP) is 4.39. The summed E-state index contributed by atoms with van der Waals surface area (Å²) in [7, 11) is 0. The molecule has 26 heavy (non-hydrogen) atoms. The maximum atomic E-state index is 13.9. The number of hydrogen-bond acceptors (Lipinski definition) is 3. The van der Waals surface area contributed by atoms with Crippen LogP contribution in [0.5, 0.6) is 5.75 Å². The Hall–Kier alpha value is -1.15. The molecule has 2 fully saturated rings. The summed E-state index contributed by atoms with van der Waals surface area (Å²) in [5.41, 5.74) is 2.44. The van der Waals surface area contributed by atoms with Gasteiger partial charge in [-0.3, -0.25) is 4.79 Å². The normalized spacial score (nSPS) is 29.7. The number of aromatic hydroxyl groups is 1. The quantitative estimate of drug-likeness (QED) is 0.467. The highest BCUT2D eigenvalue weighted by Gasteiger charge is 2.52. The fourth-order valence-electron chi connectivity index (χ4n) is 5.03. The Morgan fingerprint density at radius 1 is 1.31 bits per heavy atom. The summed E-state index contributed by atoms with van der Waals surface area (Å²) in [6, 6.07) is 2.04. The zero-order valence-electron chi connectivity index (χ0n) is 14.0. The second-order valence-corrected chi connectivity index (χ2v) is 8.03. The first-order valence-corrected chi connectivity index (χ1v) is 9.45. The number of rotatable bonds is 0. The molecule has 4 rings (SSSR count). The Morgan fingerprint density at radius 3 is 2.65 bits per heavy atom. The molecule has 2 N–H and O–H groups in total. The van der Waals surface area contributed by atoms with Gasteiger partial charge in [-0.05, 0) is 71.3 Å². The Kier molecular flexibility index (Phi) is 5.36. The van der Waals surface area contributed by atoms with Gasteiger partial charge in [0.15, 0.2) is 11.6 Å². The minimum atomic E-state index is -4.64. The summed E-state index contributed by atoms with van der Waals surface area (Å²) in [5.74, 6) is -0.0718. The van der Waals surface area contributed by atoms with Crippen molar-refractivity contribution in [1.29, 1.82) is 0 Å². The summed E-state index contributed by atoms with van der Waals surface area (Å²) < 4.78 is 45.7. The second kappa shape index (κ2) is 7.11. The van der Waals surface area contributed by atoms with Crippen molar-refractivity contribution in [2.75, 3.05) is 6.54 Å². The van der Waals surface area contributed by atoms with Crippen LogP contribution in [0, 0.1) is 11.7 Å². The van der Waals surface area contributed by atoms with Crippen LogP contribution in [0.3, 0.4) is 0 Å². The second-order valence-electron chi connectivity index (χ2n) is 7.24. The van der Waals surface area contributed by atoms with Crippen LogP contribution in [-0.2, 0) is 16.6 Å². The van der Waals surface area contributed by atoms with Gasteiger partial charge in [-0.2, -0.15) is 13.2 Å². The van der Waals surface area contributed by atoms with E-state index in [1.807, 2.05) is 0 Å². The van der Waals surface area contributed by atoms with Crippen LogP contribution in [0.1, 0.15) is 43.2 Å².